The van der Waals surface area contributed by atoms with Gasteiger partial charge in [0.25, 0.3) is 0 Å². The fourth-order valence-electron chi connectivity index (χ4n) is 0.780. The molecule has 6 nitrogen and oxygen atoms in total. The number of aliphatic hydroxyl groups is 2. The fourth-order valence-corrected chi connectivity index (χ4v) is 0.780. The van der Waals surface area contributed by atoms with Gasteiger partial charge in [0.15, 0.2) is 0 Å². The van der Waals surface area contributed by atoms with Crippen molar-refractivity contribution in [1.82, 2.24) is 0 Å². The molecule has 0 aromatic carbocycles. The summed E-state index contributed by atoms with van der Waals surface area (Å²) in [5.41, 5.74) is 0. The van der Waals surface area contributed by atoms with Crippen molar-refractivity contribution in [2.45, 2.75) is 6.42 Å². The molecule has 0 aliphatic rings. The summed E-state index contributed by atoms with van der Waals surface area (Å²) in [6, 6.07) is 0. The molecule has 0 amide bonds. The van der Waals surface area contributed by atoms with Crippen molar-refractivity contribution >= 4 is 0 Å². The first-order valence-corrected chi connectivity index (χ1v) is 5.03. The van der Waals surface area contributed by atoms with Crippen LogP contribution in [0, 0.1) is 0 Å². The summed E-state index contributed by atoms with van der Waals surface area (Å²) in [4.78, 5) is 9.23. The van der Waals surface area contributed by atoms with Gasteiger partial charge in [-0.25, -0.2) is 9.78 Å². The SMILES string of the molecule is OCCOCCCOCCOOCCO. The smallest absolute Gasteiger partial charge is 0.106 e. The second kappa shape index (κ2) is 13.8. The maximum atomic E-state index is 8.41. The Morgan fingerprint density at radius 1 is 0.600 bits per heavy atom. The predicted octanol–water partition coefficient (Wildman–Crippen LogP) is -0.657. The van der Waals surface area contributed by atoms with Crippen LogP contribution in [0.15, 0.2) is 0 Å². The van der Waals surface area contributed by atoms with E-state index in [0.717, 1.165) is 6.42 Å². The maximum Gasteiger partial charge on any atom is 0.106 e. The lowest BCUT2D eigenvalue weighted by atomic mass is 10.5. The maximum absolute atomic E-state index is 8.41. The zero-order chi connectivity index (χ0) is 11.2. The lowest BCUT2D eigenvalue weighted by Crippen LogP contribution is -2.09. The third-order valence-electron chi connectivity index (χ3n) is 1.38. The zero-order valence-corrected chi connectivity index (χ0v) is 8.89. The normalized spacial score (nSPS) is 10.8. The summed E-state index contributed by atoms with van der Waals surface area (Å²) in [5, 5.41) is 16.7. The molecule has 0 atom stereocenters. The zero-order valence-electron chi connectivity index (χ0n) is 8.89. The Labute approximate surface area is 89.6 Å². The van der Waals surface area contributed by atoms with Crippen molar-refractivity contribution in [3.8, 4) is 0 Å². The van der Waals surface area contributed by atoms with E-state index in [-0.39, 0.29) is 19.8 Å². The molecular weight excluding hydrogens is 204 g/mol. The first-order valence-electron chi connectivity index (χ1n) is 5.03. The van der Waals surface area contributed by atoms with Gasteiger partial charge in [-0.1, -0.05) is 0 Å². The molecule has 0 fully saturated rings. The van der Waals surface area contributed by atoms with Crippen LogP contribution in [0.2, 0.25) is 0 Å². The molecule has 6 heteroatoms. The van der Waals surface area contributed by atoms with Crippen molar-refractivity contribution in [2.24, 2.45) is 0 Å². The Morgan fingerprint density at radius 2 is 1.20 bits per heavy atom. The van der Waals surface area contributed by atoms with E-state index in [9.17, 15) is 0 Å². The van der Waals surface area contributed by atoms with Crippen molar-refractivity contribution in [3.05, 3.63) is 0 Å². The fraction of sp³-hybridized carbons (Fsp3) is 1.00. The van der Waals surface area contributed by atoms with Crippen molar-refractivity contribution in [1.29, 1.82) is 0 Å². The van der Waals surface area contributed by atoms with E-state index >= 15 is 0 Å². The third-order valence-corrected chi connectivity index (χ3v) is 1.38. The summed E-state index contributed by atoms with van der Waals surface area (Å²) in [6.07, 6.45) is 0.789. The summed E-state index contributed by atoms with van der Waals surface area (Å²) in [5.74, 6) is 0. The van der Waals surface area contributed by atoms with E-state index in [1.54, 1.807) is 0 Å². The van der Waals surface area contributed by atoms with Gasteiger partial charge in [-0.15, -0.1) is 0 Å². The monoisotopic (exact) mass is 224 g/mol. The van der Waals surface area contributed by atoms with Gasteiger partial charge in [-0.05, 0) is 6.42 Å². The molecule has 15 heavy (non-hydrogen) atoms. The number of hydrogen-bond acceptors (Lipinski definition) is 6. The van der Waals surface area contributed by atoms with Gasteiger partial charge in [0.1, 0.15) is 13.2 Å². The highest BCUT2D eigenvalue weighted by molar-refractivity contribution is 4.35. The lowest BCUT2D eigenvalue weighted by molar-refractivity contribution is -0.302. The highest BCUT2D eigenvalue weighted by Crippen LogP contribution is 1.86. The summed E-state index contributed by atoms with van der Waals surface area (Å²) in [7, 11) is 0. The van der Waals surface area contributed by atoms with Gasteiger partial charge in [0.2, 0.25) is 0 Å². The van der Waals surface area contributed by atoms with Gasteiger partial charge in [-0.2, -0.15) is 0 Å². The molecule has 0 aromatic rings. The van der Waals surface area contributed by atoms with Crippen molar-refractivity contribution in [2.75, 3.05) is 52.9 Å². The topological polar surface area (TPSA) is 77.4 Å². The number of ether oxygens (including phenoxy) is 2. The molecule has 0 aromatic heterocycles. The van der Waals surface area contributed by atoms with Crippen LogP contribution in [0.4, 0.5) is 0 Å². The Hall–Kier alpha value is -0.240. The number of hydrogen-bond donors (Lipinski definition) is 2. The molecule has 2 N–H and O–H groups in total. The van der Waals surface area contributed by atoms with Gasteiger partial charge < -0.3 is 19.7 Å². The summed E-state index contributed by atoms with van der Waals surface area (Å²) in [6.45, 7) is 2.52. The van der Waals surface area contributed by atoms with E-state index in [1.807, 2.05) is 0 Å². The first kappa shape index (κ1) is 14.8. The average Bonchev–Trinajstić information content (AvgIpc) is 2.26. The van der Waals surface area contributed by atoms with Crippen LogP contribution < -0.4 is 0 Å². The van der Waals surface area contributed by atoms with Gasteiger partial charge in [0, 0.05) is 13.2 Å². The molecule has 0 saturated heterocycles. The van der Waals surface area contributed by atoms with Gasteiger partial charge in [0.05, 0.1) is 26.4 Å². The molecule has 0 aliphatic carbocycles. The van der Waals surface area contributed by atoms with Crippen LogP contribution in [0.5, 0.6) is 0 Å². The molecule has 0 heterocycles. The van der Waals surface area contributed by atoms with Crippen LogP contribution in [-0.4, -0.2) is 63.1 Å². The average molecular weight is 224 g/mol. The second-order valence-corrected chi connectivity index (χ2v) is 2.67. The number of aliphatic hydroxyl groups excluding tert-OH is 2. The molecule has 0 bridgehead atoms. The molecule has 92 valence electrons. The molecule has 0 spiro atoms. The molecule has 0 unspecified atom stereocenters. The van der Waals surface area contributed by atoms with E-state index in [1.165, 1.54) is 0 Å². The predicted molar refractivity (Wildman–Crippen MR) is 52.3 cm³/mol. The highest BCUT2D eigenvalue weighted by atomic mass is 17.2. The van der Waals surface area contributed by atoms with Crippen molar-refractivity contribution < 1.29 is 29.5 Å². The molecule has 0 aliphatic heterocycles. The standard InChI is InChI=1S/C9H20O6/c10-2-6-12-4-1-5-13-8-9-15-14-7-3-11/h10-11H,1-9H2. The van der Waals surface area contributed by atoms with E-state index in [2.05, 4.69) is 9.78 Å². The van der Waals surface area contributed by atoms with Gasteiger partial charge in [-0.3, -0.25) is 0 Å². The Bertz CT molecular complexity index is 98.8. The van der Waals surface area contributed by atoms with Crippen LogP contribution in [0.25, 0.3) is 0 Å². The highest BCUT2D eigenvalue weighted by Gasteiger charge is 1.91. The molecule has 0 radical (unpaired) electrons. The first-order chi connectivity index (χ1) is 7.41. The van der Waals surface area contributed by atoms with Crippen molar-refractivity contribution in [3.63, 3.8) is 0 Å². The summed E-state index contributed by atoms with van der Waals surface area (Å²) < 4.78 is 10.2. The van der Waals surface area contributed by atoms with E-state index in [4.69, 9.17) is 19.7 Å². The van der Waals surface area contributed by atoms with E-state index in [0.29, 0.717) is 33.0 Å². The quantitative estimate of drug-likeness (QED) is 0.260. The van der Waals surface area contributed by atoms with Gasteiger partial charge >= 0.3 is 0 Å². The minimum atomic E-state index is -0.0525. The lowest BCUT2D eigenvalue weighted by Gasteiger charge is -2.05. The molecule has 0 saturated carbocycles. The Kier molecular flexibility index (Phi) is 13.5. The van der Waals surface area contributed by atoms with Crippen LogP contribution in [0.3, 0.4) is 0 Å². The molecular formula is C9H20O6. The van der Waals surface area contributed by atoms with Crippen LogP contribution in [-0.2, 0) is 19.2 Å². The largest absolute Gasteiger partial charge is 0.394 e. The molecule has 0 rings (SSSR count). The minimum absolute atomic E-state index is 0.0525. The number of rotatable bonds is 12. The summed E-state index contributed by atoms with van der Waals surface area (Å²) >= 11 is 0. The Morgan fingerprint density at radius 3 is 1.87 bits per heavy atom. The second-order valence-electron chi connectivity index (χ2n) is 2.67. The third kappa shape index (κ3) is 13.8. The Balaban J connectivity index is 2.81. The van der Waals surface area contributed by atoms with Crippen LogP contribution >= 0.6 is 0 Å². The minimum Gasteiger partial charge on any atom is -0.394 e. The van der Waals surface area contributed by atoms with E-state index < -0.39 is 0 Å². The van der Waals surface area contributed by atoms with Crippen LogP contribution in [0.1, 0.15) is 6.42 Å².